The van der Waals surface area contributed by atoms with Gasteiger partial charge < -0.3 is 28.2 Å². The summed E-state index contributed by atoms with van der Waals surface area (Å²) in [6.45, 7) is 18.4. The summed E-state index contributed by atoms with van der Waals surface area (Å²) in [6, 6.07) is 0. The van der Waals surface area contributed by atoms with Crippen LogP contribution < -0.4 is 0 Å². The first kappa shape index (κ1) is 18.8. The second kappa shape index (κ2) is 5.52. The molecular formula is C17H30B2N2O4. The Morgan fingerprint density at radius 2 is 1.08 bits per heavy atom. The van der Waals surface area contributed by atoms with Gasteiger partial charge in [-0.1, -0.05) is 0 Å². The molecule has 6 nitrogen and oxygen atoms in total. The molecule has 0 aromatic heterocycles. The monoisotopic (exact) mass is 348 g/mol. The van der Waals surface area contributed by atoms with Crippen molar-refractivity contribution in [2.75, 3.05) is 0 Å². The van der Waals surface area contributed by atoms with Crippen LogP contribution in [0.15, 0.2) is 24.3 Å². The highest BCUT2D eigenvalue weighted by molar-refractivity contribution is 6.44. The molecule has 0 aliphatic carbocycles. The number of allylic oxidation sites excluding steroid dienone is 1. The van der Waals surface area contributed by atoms with Crippen molar-refractivity contribution in [1.82, 2.24) is 9.62 Å². The van der Waals surface area contributed by atoms with Crippen LogP contribution in [-0.4, -0.2) is 46.5 Å². The summed E-state index contributed by atoms with van der Waals surface area (Å²) >= 11 is 0. The Labute approximate surface area is 152 Å². The Morgan fingerprint density at radius 1 is 0.680 bits per heavy atom. The van der Waals surface area contributed by atoms with Crippen LogP contribution in [-0.2, 0) is 18.6 Å². The lowest BCUT2D eigenvalue weighted by Gasteiger charge is -2.32. The van der Waals surface area contributed by atoms with Crippen LogP contribution in [0, 0.1) is 0 Å². The minimum absolute atomic E-state index is 0.365. The first-order chi connectivity index (χ1) is 11.3. The summed E-state index contributed by atoms with van der Waals surface area (Å²) in [7, 11) is -0.894. The van der Waals surface area contributed by atoms with Crippen molar-refractivity contribution < 1.29 is 18.6 Å². The molecule has 0 radical (unpaired) electrons. The number of hydrogen-bond acceptors (Lipinski definition) is 6. The van der Waals surface area contributed by atoms with Gasteiger partial charge in [0.2, 0.25) is 0 Å². The molecule has 0 unspecified atom stereocenters. The smallest absolute Gasteiger partial charge is 0.384 e. The molecule has 0 aromatic carbocycles. The van der Waals surface area contributed by atoms with E-state index in [0.717, 1.165) is 5.70 Å². The van der Waals surface area contributed by atoms with Crippen molar-refractivity contribution in [1.29, 1.82) is 0 Å². The van der Waals surface area contributed by atoms with Crippen molar-refractivity contribution in [2.45, 2.75) is 84.7 Å². The van der Waals surface area contributed by atoms with Gasteiger partial charge in [0.25, 0.3) is 0 Å². The Bertz CT molecular complexity index is 584. The van der Waals surface area contributed by atoms with Gasteiger partial charge >= 0.3 is 14.5 Å². The average Bonchev–Trinajstić information content (AvgIpc) is 2.78. The highest BCUT2D eigenvalue weighted by Gasteiger charge is 2.56. The highest BCUT2D eigenvalue weighted by atomic mass is 16.7. The molecule has 3 rings (SSSR count). The van der Waals surface area contributed by atoms with Gasteiger partial charge in [0, 0.05) is 24.3 Å². The Hall–Kier alpha value is -0.950. The predicted molar refractivity (Wildman–Crippen MR) is 98.7 cm³/mol. The molecular weight excluding hydrogens is 318 g/mol. The topological polar surface area (TPSA) is 43.4 Å². The SMILES string of the molecule is CC1=CN(B2OC(C)(C)C(C)(C)O2)C=CN1B1OC(C)(C)C(C)(C)O1. The first-order valence-electron chi connectivity index (χ1n) is 8.90. The average molecular weight is 348 g/mol. The molecule has 2 fully saturated rings. The van der Waals surface area contributed by atoms with Crippen LogP contribution in [0.2, 0.25) is 0 Å². The first-order valence-corrected chi connectivity index (χ1v) is 8.90. The number of hydrogen-bond donors (Lipinski definition) is 0. The lowest BCUT2D eigenvalue weighted by atomic mass is 9.90. The van der Waals surface area contributed by atoms with Gasteiger partial charge in [-0.05, 0) is 62.3 Å². The maximum absolute atomic E-state index is 6.13. The summed E-state index contributed by atoms with van der Waals surface area (Å²) < 4.78 is 24.5. The third kappa shape index (κ3) is 3.03. The van der Waals surface area contributed by atoms with Gasteiger partial charge in [-0.3, -0.25) is 0 Å². The molecule has 3 aliphatic heterocycles. The van der Waals surface area contributed by atoms with E-state index in [0.29, 0.717) is 0 Å². The van der Waals surface area contributed by atoms with Crippen molar-refractivity contribution in [3.05, 3.63) is 24.3 Å². The van der Waals surface area contributed by atoms with Crippen LogP contribution in [0.5, 0.6) is 0 Å². The molecule has 0 amide bonds. The quantitative estimate of drug-likeness (QED) is 0.715. The van der Waals surface area contributed by atoms with Crippen LogP contribution in [0.25, 0.3) is 0 Å². The van der Waals surface area contributed by atoms with Gasteiger partial charge in [-0.2, -0.15) is 0 Å². The Balaban J connectivity index is 1.73. The van der Waals surface area contributed by atoms with E-state index in [1.807, 2.05) is 62.8 Å². The Kier molecular flexibility index (Phi) is 4.16. The van der Waals surface area contributed by atoms with Crippen LogP contribution in [0.3, 0.4) is 0 Å². The Morgan fingerprint density at radius 3 is 1.48 bits per heavy atom. The third-order valence-corrected chi connectivity index (χ3v) is 6.09. The standard InChI is InChI=1S/C17H30B2N2O4/c1-13-12-20(18-22-14(2,3)15(4,5)23-18)10-11-21(13)19-24-16(6,7)17(8,9)25-19/h10-12H,1-9H3. The molecule has 0 bridgehead atoms. The molecule has 138 valence electrons. The van der Waals surface area contributed by atoms with Gasteiger partial charge in [-0.15, -0.1) is 0 Å². The molecule has 0 atom stereocenters. The summed E-state index contributed by atoms with van der Waals surface area (Å²) in [5.74, 6) is 0. The highest BCUT2D eigenvalue weighted by Crippen LogP contribution is 2.40. The lowest BCUT2D eigenvalue weighted by molar-refractivity contribution is 0.00578. The summed E-state index contributed by atoms with van der Waals surface area (Å²) in [5, 5.41) is 0. The molecule has 3 aliphatic rings. The van der Waals surface area contributed by atoms with E-state index >= 15 is 0 Å². The molecule has 0 N–H and O–H groups in total. The van der Waals surface area contributed by atoms with E-state index in [1.54, 1.807) is 0 Å². The maximum Gasteiger partial charge on any atom is 0.598 e. The van der Waals surface area contributed by atoms with E-state index in [9.17, 15) is 0 Å². The van der Waals surface area contributed by atoms with Crippen molar-refractivity contribution >= 4 is 14.5 Å². The molecule has 3 heterocycles. The van der Waals surface area contributed by atoms with Crippen molar-refractivity contribution in [3.63, 3.8) is 0 Å². The van der Waals surface area contributed by atoms with Gasteiger partial charge in [0.1, 0.15) is 0 Å². The molecule has 2 saturated heterocycles. The fourth-order valence-corrected chi connectivity index (χ4v) is 2.82. The zero-order valence-corrected chi connectivity index (χ0v) is 16.9. The van der Waals surface area contributed by atoms with Gasteiger partial charge in [0.15, 0.2) is 0 Å². The molecule has 8 heteroatoms. The normalized spacial score (nSPS) is 29.4. The number of rotatable bonds is 2. The summed E-state index contributed by atoms with van der Waals surface area (Å²) in [5.41, 5.74) is -0.467. The fourth-order valence-electron chi connectivity index (χ4n) is 2.82. The van der Waals surface area contributed by atoms with E-state index in [2.05, 4.69) is 27.7 Å². The van der Waals surface area contributed by atoms with Crippen molar-refractivity contribution in [3.8, 4) is 0 Å². The van der Waals surface area contributed by atoms with Gasteiger partial charge in [-0.25, -0.2) is 0 Å². The largest absolute Gasteiger partial charge is 0.598 e. The zero-order chi connectivity index (χ0) is 18.8. The predicted octanol–water partition coefficient (Wildman–Crippen LogP) is 3.11. The van der Waals surface area contributed by atoms with E-state index < -0.39 is 14.5 Å². The van der Waals surface area contributed by atoms with E-state index in [4.69, 9.17) is 18.6 Å². The molecule has 25 heavy (non-hydrogen) atoms. The second-order valence-corrected chi connectivity index (χ2v) is 9.05. The minimum Gasteiger partial charge on any atom is -0.384 e. The van der Waals surface area contributed by atoms with Crippen LogP contribution in [0.1, 0.15) is 62.3 Å². The second-order valence-electron chi connectivity index (χ2n) is 9.05. The fraction of sp³-hybridized carbons (Fsp3) is 0.765. The molecule has 0 spiro atoms. The van der Waals surface area contributed by atoms with Crippen LogP contribution >= 0.6 is 0 Å². The third-order valence-electron chi connectivity index (χ3n) is 6.09. The van der Waals surface area contributed by atoms with Crippen LogP contribution in [0.4, 0.5) is 0 Å². The maximum atomic E-state index is 6.13. The zero-order valence-electron chi connectivity index (χ0n) is 16.9. The van der Waals surface area contributed by atoms with E-state index in [1.165, 1.54) is 0 Å². The van der Waals surface area contributed by atoms with Crippen molar-refractivity contribution in [2.24, 2.45) is 0 Å². The summed E-state index contributed by atoms with van der Waals surface area (Å²) in [4.78, 5) is 3.92. The minimum atomic E-state index is -0.448. The molecule has 0 aromatic rings. The lowest BCUT2D eigenvalue weighted by Crippen LogP contribution is -2.43. The van der Waals surface area contributed by atoms with Gasteiger partial charge in [0.05, 0.1) is 22.4 Å². The summed E-state index contributed by atoms with van der Waals surface area (Å²) in [6.07, 6.45) is 5.87. The van der Waals surface area contributed by atoms with E-state index in [-0.39, 0.29) is 22.4 Å². The number of nitrogens with zero attached hydrogens (tertiary/aromatic N) is 2. The molecule has 0 saturated carbocycles.